The fourth-order valence-electron chi connectivity index (χ4n) is 2.14. The summed E-state index contributed by atoms with van der Waals surface area (Å²) in [5.41, 5.74) is 1.29. The van der Waals surface area contributed by atoms with Crippen LogP contribution in [0.3, 0.4) is 0 Å². The van der Waals surface area contributed by atoms with Crippen LogP contribution in [0.25, 0.3) is 0 Å². The lowest BCUT2D eigenvalue weighted by Crippen LogP contribution is -2.18. The summed E-state index contributed by atoms with van der Waals surface area (Å²) in [6, 6.07) is 6.57. The van der Waals surface area contributed by atoms with E-state index in [1.165, 1.54) is 27.8 Å². The van der Waals surface area contributed by atoms with Gasteiger partial charge < -0.3 is 14.8 Å². The minimum absolute atomic E-state index is 0.433. The number of halogens is 1. The second kappa shape index (κ2) is 9.05. The second-order valence-electron chi connectivity index (χ2n) is 4.88. The highest BCUT2D eigenvalue weighted by molar-refractivity contribution is 9.10. The zero-order chi connectivity index (χ0) is 14.2. The van der Waals surface area contributed by atoms with Gasteiger partial charge in [-0.05, 0) is 46.5 Å². The molecule has 1 aromatic carbocycles. The first kappa shape index (κ1) is 16.3. The summed E-state index contributed by atoms with van der Waals surface area (Å²) in [6.45, 7) is 3.43. The van der Waals surface area contributed by atoms with Crippen molar-refractivity contribution in [2.75, 3.05) is 32.6 Å². The van der Waals surface area contributed by atoms with Crippen molar-refractivity contribution >= 4 is 27.7 Å². The van der Waals surface area contributed by atoms with E-state index in [2.05, 4.69) is 39.4 Å². The molecule has 2 rings (SSSR count). The summed E-state index contributed by atoms with van der Waals surface area (Å²) in [5, 5.41) is 3.35. The first-order chi connectivity index (χ1) is 9.79. The molecule has 1 aromatic rings. The van der Waals surface area contributed by atoms with Gasteiger partial charge in [-0.25, -0.2) is 0 Å². The molecular formula is C15H22BrNO2S. The molecule has 1 aliphatic rings. The maximum atomic E-state index is 5.66. The Morgan fingerprint density at radius 1 is 1.50 bits per heavy atom. The Balaban J connectivity index is 1.78. The van der Waals surface area contributed by atoms with Crippen LogP contribution in [0, 0.1) is 0 Å². The Morgan fingerprint density at radius 3 is 3.10 bits per heavy atom. The van der Waals surface area contributed by atoms with Crippen LogP contribution >= 0.6 is 27.7 Å². The summed E-state index contributed by atoms with van der Waals surface area (Å²) >= 11 is 5.54. The third-order valence-electron chi connectivity index (χ3n) is 3.26. The SMILES string of the molecule is COCCNCc1ccc(SCC2CCCO2)c(Br)c1. The first-order valence-corrected chi connectivity index (χ1v) is 8.80. The average Bonchev–Trinajstić information content (AvgIpc) is 2.96. The van der Waals surface area contributed by atoms with Gasteiger partial charge in [0.2, 0.25) is 0 Å². The predicted octanol–water partition coefficient (Wildman–Crippen LogP) is 3.46. The van der Waals surface area contributed by atoms with Crippen LogP contribution in [-0.4, -0.2) is 38.7 Å². The van der Waals surface area contributed by atoms with Crippen LogP contribution in [0.1, 0.15) is 18.4 Å². The van der Waals surface area contributed by atoms with Crippen LogP contribution in [0.15, 0.2) is 27.6 Å². The zero-order valence-electron chi connectivity index (χ0n) is 11.9. The lowest BCUT2D eigenvalue weighted by atomic mass is 10.2. The molecule has 0 radical (unpaired) electrons. The lowest BCUT2D eigenvalue weighted by molar-refractivity contribution is 0.129. The molecule has 0 aromatic heterocycles. The van der Waals surface area contributed by atoms with Crippen LogP contribution < -0.4 is 5.32 Å². The normalized spacial score (nSPS) is 18.6. The van der Waals surface area contributed by atoms with Crippen molar-refractivity contribution in [1.29, 1.82) is 0 Å². The van der Waals surface area contributed by atoms with Crippen molar-refractivity contribution in [2.45, 2.75) is 30.4 Å². The van der Waals surface area contributed by atoms with Gasteiger partial charge in [-0.3, -0.25) is 0 Å². The Bertz CT molecular complexity index is 411. The third-order valence-corrected chi connectivity index (χ3v) is 5.38. The maximum Gasteiger partial charge on any atom is 0.0669 e. The van der Waals surface area contributed by atoms with Gasteiger partial charge in [-0.1, -0.05) is 6.07 Å². The van der Waals surface area contributed by atoms with E-state index in [9.17, 15) is 0 Å². The topological polar surface area (TPSA) is 30.5 Å². The molecule has 1 atom stereocenters. The number of ether oxygens (including phenoxy) is 2. The number of rotatable bonds is 8. The van der Waals surface area contributed by atoms with Crippen molar-refractivity contribution in [3.8, 4) is 0 Å². The van der Waals surface area contributed by atoms with Gasteiger partial charge in [-0.15, -0.1) is 11.8 Å². The molecule has 112 valence electrons. The van der Waals surface area contributed by atoms with E-state index in [1.54, 1.807) is 7.11 Å². The van der Waals surface area contributed by atoms with Crippen molar-refractivity contribution in [2.24, 2.45) is 0 Å². The van der Waals surface area contributed by atoms with Crippen LogP contribution in [0.4, 0.5) is 0 Å². The highest BCUT2D eigenvalue weighted by atomic mass is 79.9. The Morgan fingerprint density at radius 2 is 2.40 bits per heavy atom. The fraction of sp³-hybridized carbons (Fsp3) is 0.600. The Kier molecular flexibility index (Phi) is 7.38. The molecule has 1 aliphatic heterocycles. The van der Waals surface area contributed by atoms with Gasteiger partial charge in [-0.2, -0.15) is 0 Å². The molecule has 20 heavy (non-hydrogen) atoms. The minimum Gasteiger partial charge on any atom is -0.383 e. The highest BCUT2D eigenvalue weighted by Crippen LogP contribution is 2.30. The van der Waals surface area contributed by atoms with E-state index in [0.717, 1.165) is 32.1 Å². The van der Waals surface area contributed by atoms with Gasteiger partial charge in [0, 0.05) is 41.9 Å². The molecule has 0 saturated carbocycles. The highest BCUT2D eigenvalue weighted by Gasteiger charge is 2.16. The van der Waals surface area contributed by atoms with Crippen LogP contribution in [-0.2, 0) is 16.0 Å². The van der Waals surface area contributed by atoms with Gasteiger partial charge in [0.05, 0.1) is 12.7 Å². The summed E-state index contributed by atoms with van der Waals surface area (Å²) in [4.78, 5) is 1.29. The van der Waals surface area contributed by atoms with E-state index in [-0.39, 0.29) is 0 Å². The monoisotopic (exact) mass is 359 g/mol. The summed E-state index contributed by atoms with van der Waals surface area (Å²) in [6.07, 6.45) is 2.84. The first-order valence-electron chi connectivity index (χ1n) is 7.02. The lowest BCUT2D eigenvalue weighted by Gasteiger charge is -2.11. The molecule has 0 aliphatic carbocycles. The summed E-state index contributed by atoms with van der Waals surface area (Å²) in [5.74, 6) is 1.05. The quantitative estimate of drug-likeness (QED) is 0.568. The number of nitrogens with one attached hydrogen (secondary N) is 1. The number of hydrogen-bond donors (Lipinski definition) is 1. The molecule has 1 saturated heterocycles. The predicted molar refractivity (Wildman–Crippen MR) is 87.4 cm³/mol. The molecule has 1 N–H and O–H groups in total. The summed E-state index contributed by atoms with van der Waals surface area (Å²) < 4.78 is 11.8. The van der Waals surface area contributed by atoms with Crippen LogP contribution in [0.2, 0.25) is 0 Å². The van der Waals surface area contributed by atoms with Gasteiger partial charge in [0.25, 0.3) is 0 Å². The van der Waals surface area contributed by atoms with Crippen molar-refractivity contribution in [1.82, 2.24) is 5.32 Å². The van der Waals surface area contributed by atoms with Gasteiger partial charge in [0.15, 0.2) is 0 Å². The molecule has 1 fully saturated rings. The largest absolute Gasteiger partial charge is 0.383 e. The molecule has 1 unspecified atom stereocenters. The van der Waals surface area contributed by atoms with Crippen molar-refractivity contribution in [3.05, 3.63) is 28.2 Å². The molecule has 3 nitrogen and oxygen atoms in total. The molecular weight excluding hydrogens is 338 g/mol. The number of methoxy groups -OCH3 is 1. The number of benzene rings is 1. The summed E-state index contributed by atoms with van der Waals surface area (Å²) in [7, 11) is 1.72. The Hall–Kier alpha value is -0.0700. The zero-order valence-corrected chi connectivity index (χ0v) is 14.3. The fourth-order valence-corrected chi connectivity index (χ4v) is 3.90. The minimum atomic E-state index is 0.433. The average molecular weight is 360 g/mol. The van der Waals surface area contributed by atoms with Crippen molar-refractivity contribution < 1.29 is 9.47 Å². The van der Waals surface area contributed by atoms with E-state index >= 15 is 0 Å². The van der Waals surface area contributed by atoms with Gasteiger partial charge >= 0.3 is 0 Å². The van der Waals surface area contributed by atoms with E-state index in [0.29, 0.717) is 6.10 Å². The van der Waals surface area contributed by atoms with E-state index < -0.39 is 0 Å². The standard InChI is InChI=1S/C15H22BrNO2S/c1-18-8-6-17-10-12-4-5-15(14(16)9-12)20-11-13-3-2-7-19-13/h4-5,9,13,17H,2-3,6-8,10-11H2,1H3. The van der Waals surface area contributed by atoms with Crippen molar-refractivity contribution in [3.63, 3.8) is 0 Å². The van der Waals surface area contributed by atoms with Crippen LogP contribution in [0.5, 0.6) is 0 Å². The number of hydrogen-bond acceptors (Lipinski definition) is 4. The molecule has 0 spiro atoms. The molecule has 0 amide bonds. The maximum absolute atomic E-state index is 5.66. The Labute approximate surface area is 133 Å². The van der Waals surface area contributed by atoms with E-state index in [4.69, 9.17) is 9.47 Å². The second-order valence-corrected chi connectivity index (χ2v) is 6.80. The van der Waals surface area contributed by atoms with E-state index in [1.807, 2.05) is 11.8 Å². The molecule has 1 heterocycles. The number of thioether (sulfide) groups is 1. The van der Waals surface area contributed by atoms with Gasteiger partial charge in [0.1, 0.15) is 0 Å². The smallest absolute Gasteiger partial charge is 0.0669 e. The third kappa shape index (κ3) is 5.37. The molecule has 0 bridgehead atoms. The molecule has 5 heteroatoms.